The molecule has 0 spiro atoms. The van der Waals surface area contributed by atoms with E-state index < -0.39 is 52.8 Å². The molecule has 110 valence electrons. The van der Waals surface area contributed by atoms with Crippen molar-refractivity contribution in [1.29, 1.82) is 0 Å². The number of nitrogens with zero attached hydrogens (tertiary/aromatic N) is 2. The minimum absolute atomic E-state index is 0.406. The monoisotopic (exact) mass is 298 g/mol. The molecule has 0 saturated carbocycles. The number of benzene rings is 1. The summed E-state index contributed by atoms with van der Waals surface area (Å²) in [6.45, 7) is -2.08. The maximum Gasteiger partial charge on any atom is 0.420 e. The molecule has 0 atom stereocenters. The van der Waals surface area contributed by atoms with Gasteiger partial charge in [0.1, 0.15) is 5.69 Å². The van der Waals surface area contributed by atoms with Gasteiger partial charge in [0, 0.05) is 0 Å². The average Bonchev–Trinajstić information content (AvgIpc) is 2.23. The number of β-amino-alcohol motifs (C(OH)–C–C–N with tert-alkyl or cyclic N) is 1. The summed E-state index contributed by atoms with van der Waals surface area (Å²) in [6, 6.07) is 0.812. The van der Waals surface area contributed by atoms with Gasteiger partial charge in [0.15, 0.2) is 17.2 Å². The third-order valence-corrected chi connectivity index (χ3v) is 2.96. The minimum Gasteiger partial charge on any atom is -0.378 e. The average molecular weight is 298 g/mol. The Hall–Kier alpha value is -1.97. The highest BCUT2D eigenvalue weighted by Gasteiger charge is 2.61. The number of non-ortho nitro benzene ring substituents is 1. The van der Waals surface area contributed by atoms with Crippen molar-refractivity contribution in [2.75, 3.05) is 18.0 Å². The summed E-state index contributed by atoms with van der Waals surface area (Å²) in [6.07, 6.45) is -4.92. The molecule has 0 aliphatic carbocycles. The fourth-order valence-electron chi connectivity index (χ4n) is 1.88. The Morgan fingerprint density at radius 2 is 1.70 bits per heavy atom. The van der Waals surface area contributed by atoms with Gasteiger partial charge in [-0.2, -0.15) is 13.2 Å². The Morgan fingerprint density at radius 1 is 1.25 bits per heavy atom. The van der Waals surface area contributed by atoms with Crippen molar-refractivity contribution in [2.45, 2.75) is 11.8 Å². The van der Waals surface area contributed by atoms with E-state index in [1.54, 1.807) is 0 Å². The van der Waals surface area contributed by atoms with E-state index in [1.165, 1.54) is 0 Å². The van der Waals surface area contributed by atoms with Crippen LogP contribution in [0.5, 0.6) is 0 Å². The smallest absolute Gasteiger partial charge is 0.378 e. The van der Waals surface area contributed by atoms with E-state index in [0.717, 1.165) is 0 Å². The van der Waals surface area contributed by atoms with Gasteiger partial charge >= 0.3 is 6.18 Å². The third-order valence-electron chi connectivity index (χ3n) is 2.96. The first-order valence-electron chi connectivity index (χ1n) is 5.23. The molecule has 1 N–H and O–H groups in total. The van der Waals surface area contributed by atoms with E-state index in [9.17, 15) is 37.2 Å². The van der Waals surface area contributed by atoms with Gasteiger partial charge in [0.2, 0.25) is 0 Å². The highest BCUT2D eigenvalue weighted by atomic mass is 19.4. The third kappa shape index (κ3) is 2.15. The number of aliphatic hydroxyl groups is 1. The van der Waals surface area contributed by atoms with Crippen LogP contribution in [0.1, 0.15) is 0 Å². The number of halogens is 5. The number of rotatable bonds is 2. The van der Waals surface area contributed by atoms with Crippen LogP contribution in [0, 0.1) is 21.7 Å². The van der Waals surface area contributed by atoms with E-state index in [0.29, 0.717) is 17.0 Å². The first-order valence-corrected chi connectivity index (χ1v) is 5.23. The van der Waals surface area contributed by atoms with Crippen LogP contribution in [0.25, 0.3) is 0 Å². The molecule has 2 rings (SSSR count). The second-order valence-corrected chi connectivity index (χ2v) is 4.40. The van der Waals surface area contributed by atoms with Crippen molar-refractivity contribution in [3.63, 3.8) is 0 Å². The number of hydrogen-bond donors (Lipinski definition) is 1. The summed E-state index contributed by atoms with van der Waals surface area (Å²) in [5, 5.41) is 19.6. The minimum atomic E-state index is -4.92. The van der Waals surface area contributed by atoms with Crippen LogP contribution in [0.15, 0.2) is 12.1 Å². The molecule has 1 aliphatic heterocycles. The molecule has 0 amide bonds. The SMILES string of the molecule is O=[N+]([O-])c1cc(F)c(N2CC(O)(C(F)(F)F)C2)c(F)c1. The lowest BCUT2D eigenvalue weighted by molar-refractivity contribution is -0.385. The topological polar surface area (TPSA) is 66.6 Å². The van der Waals surface area contributed by atoms with Crippen molar-refractivity contribution < 1.29 is 32.0 Å². The number of alkyl halides is 3. The molecule has 5 nitrogen and oxygen atoms in total. The number of nitro groups is 1. The predicted molar refractivity (Wildman–Crippen MR) is 56.2 cm³/mol. The van der Waals surface area contributed by atoms with Crippen LogP contribution in [0.2, 0.25) is 0 Å². The number of nitro benzene ring substituents is 1. The molecule has 0 aromatic heterocycles. The fourth-order valence-corrected chi connectivity index (χ4v) is 1.88. The lowest BCUT2D eigenvalue weighted by atomic mass is 9.92. The summed E-state index contributed by atoms with van der Waals surface area (Å²) in [5.74, 6) is -2.72. The van der Waals surface area contributed by atoms with E-state index in [-0.39, 0.29) is 0 Å². The molecule has 1 fully saturated rings. The standard InChI is InChI=1S/C10H7F5N2O3/c11-6-1-5(17(19)20)2-7(12)8(6)16-3-9(18,4-16)10(13,14)15/h1-2,18H,3-4H2. The van der Waals surface area contributed by atoms with Crippen molar-refractivity contribution in [3.8, 4) is 0 Å². The maximum absolute atomic E-state index is 13.5. The summed E-state index contributed by atoms with van der Waals surface area (Å²) in [4.78, 5) is 9.97. The zero-order valence-electron chi connectivity index (χ0n) is 9.62. The van der Waals surface area contributed by atoms with Gasteiger partial charge in [-0.15, -0.1) is 0 Å². The van der Waals surface area contributed by atoms with E-state index in [1.807, 2.05) is 0 Å². The van der Waals surface area contributed by atoms with Gasteiger partial charge in [-0.1, -0.05) is 0 Å². The lowest BCUT2D eigenvalue weighted by Gasteiger charge is -2.48. The molecule has 1 saturated heterocycles. The van der Waals surface area contributed by atoms with Crippen molar-refractivity contribution in [2.24, 2.45) is 0 Å². The zero-order chi connectivity index (χ0) is 15.3. The van der Waals surface area contributed by atoms with E-state index >= 15 is 0 Å². The molecule has 1 aromatic carbocycles. The van der Waals surface area contributed by atoms with Gasteiger partial charge < -0.3 is 10.0 Å². The van der Waals surface area contributed by atoms with Gasteiger partial charge in [0.05, 0.1) is 30.1 Å². The summed E-state index contributed by atoms with van der Waals surface area (Å²) in [7, 11) is 0. The quantitative estimate of drug-likeness (QED) is 0.515. The Labute approximate surface area is 108 Å². The van der Waals surface area contributed by atoms with Crippen LogP contribution in [0.3, 0.4) is 0 Å². The molecule has 1 aromatic rings. The maximum atomic E-state index is 13.5. The first-order chi connectivity index (χ1) is 9.05. The molecular weight excluding hydrogens is 291 g/mol. The Kier molecular flexibility index (Phi) is 3.08. The fraction of sp³-hybridized carbons (Fsp3) is 0.400. The first kappa shape index (κ1) is 14.4. The van der Waals surface area contributed by atoms with Crippen LogP contribution < -0.4 is 4.90 Å². The number of anilines is 1. The largest absolute Gasteiger partial charge is 0.420 e. The van der Waals surface area contributed by atoms with Crippen molar-refractivity contribution in [1.82, 2.24) is 0 Å². The number of hydrogen-bond acceptors (Lipinski definition) is 4. The highest BCUT2D eigenvalue weighted by Crippen LogP contribution is 2.41. The summed E-state index contributed by atoms with van der Waals surface area (Å²) >= 11 is 0. The van der Waals surface area contributed by atoms with E-state index in [2.05, 4.69) is 0 Å². The molecule has 20 heavy (non-hydrogen) atoms. The van der Waals surface area contributed by atoms with Gasteiger partial charge in [0.25, 0.3) is 5.69 Å². The second kappa shape index (κ2) is 4.27. The molecule has 0 unspecified atom stereocenters. The molecule has 1 aliphatic rings. The Morgan fingerprint density at radius 3 is 2.05 bits per heavy atom. The summed E-state index contributed by atoms with van der Waals surface area (Å²) < 4.78 is 64.3. The highest BCUT2D eigenvalue weighted by molar-refractivity contribution is 5.56. The molecular formula is C10H7F5N2O3. The molecule has 0 bridgehead atoms. The van der Waals surface area contributed by atoms with Crippen LogP contribution in [-0.2, 0) is 0 Å². The van der Waals surface area contributed by atoms with Crippen molar-refractivity contribution >= 4 is 11.4 Å². The zero-order valence-corrected chi connectivity index (χ0v) is 9.62. The Bertz CT molecular complexity index is 545. The van der Waals surface area contributed by atoms with Gasteiger partial charge in [-0.25, -0.2) is 8.78 Å². The molecule has 1 heterocycles. The van der Waals surface area contributed by atoms with Crippen LogP contribution in [-0.4, -0.2) is 34.9 Å². The Balaban J connectivity index is 2.27. The predicted octanol–water partition coefficient (Wildman–Crippen LogP) is 1.99. The summed E-state index contributed by atoms with van der Waals surface area (Å²) in [5.41, 5.74) is -4.71. The molecule has 10 heteroatoms. The molecule has 0 radical (unpaired) electrons. The van der Waals surface area contributed by atoms with Crippen LogP contribution >= 0.6 is 0 Å². The van der Waals surface area contributed by atoms with Gasteiger partial charge in [-0.05, 0) is 0 Å². The van der Waals surface area contributed by atoms with Gasteiger partial charge in [-0.3, -0.25) is 10.1 Å². The van der Waals surface area contributed by atoms with Crippen molar-refractivity contribution in [3.05, 3.63) is 33.9 Å². The van der Waals surface area contributed by atoms with E-state index in [4.69, 9.17) is 0 Å². The lowest BCUT2D eigenvalue weighted by Crippen LogP contribution is -2.69. The van der Waals surface area contributed by atoms with Crippen LogP contribution in [0.4, 0.5) is 33.3 Å². The normalized spacial score (nSPS) is 17.8. The second-order valence-electron chi connectivity index (χ2n) is 4.40.